The molecule has 0 bridgehead atoms. The number of carbonyl (C=O) groups is 3. The van der Waals surface area contributed by atoms with Crippen molar-refractivity contribution in [1.82, 2.24) is 10.2 Å². The third-order valence-corrected chi connectivity index (χ3v) is 6.82. The van der Waals surface area contributed by atoms with Crippen molar-refractivity contribution < 1.29 is 23.9 Å². The molecule has 0 radical (unpaired) electrons. The molecule has 1 aliphatic rings. The van der Waals surface area contributed by atoms with Crippen LogP contribution >= 0.6 is 11.6 Å². The summed E-state index contributed by atoms with van der Waals surface area (Å²) in [7, 11) is 0. The third kappa shape index (κ3) is 11.5. The summed E-state index contributed by atoms with van der Waals surface area (Å²) in [6, 6.07) is 11.9. The monoisotopic (exact) mass is 613 g/mol. The largest absolute Gasteiger partial charge is 0.460 e. The topological polar surface area (TPSA) is 133 Å². The number of esters is 1. The number of halogens is 1. The van der Waals surface area contributed by atoms with Gasteiger partial charge in [0.2, 0.25) is 0 Å². The summed E-state index contributed by atoms with van der Waals surface area (Å²) in [5, 5.41) is 17.3. The lowest BCUT2D eigenvalue weighted by molar-refractivity contribution is -0.155. The summed E-state index contributed by atoms with van der Waals surface area (Å²) in [6.07, 6.45) is 2.78. The van der Waals surface area contributed by atoms with Gasteiger partial charge in [-0.15, -0.1) is 0 Å². The van der Waals surface area contributed by atoms with Crippen LogP contribution in [0.1, 0.15) is 83.1 Å². The maximum Gasteiger partial charge on any atom is 0.413 e. The van der Waals surface area contributed by atoms with Gasteiger partial charge in [-0.2, -0.15) is 0 Å². The molecule has 2 amide bonds. The minimum atomic E-state index is -0.713. The first-order valence-electron chi connectivity index (χ1n) is 14.6. The zero-order chi connectivity index (χ0) is 31.8. The van der Waals surface area contributed by atoms with Crippen molar-refractivity contribution >= 4 is 46.8 Å². The Labute approximate surface area is 259 Å². The van der Waals surface area contributed by atoms with E-state index in [1.165, 1.54) is 0 Å². The molecule has 43 heavy (non-hydrogen) atoms. The minimum absolute atomic E-state index is 0.115. The summed E-state index contributed by atoms with van der Waals surface area (Å²) in [5.74, 6) is -0.660. The quantitative estimate of drug-likeness (QED) is 0.145. The van der Waals surface area contributed by atoms with Gasteiger partial charge in [-0.3, -0.25) is 25.2 Å². The second-order valence-corrected chi connectivity index (χ2v) is 13.1. The Balaban J connectivity index is 1.61. The summed E-state index contributed by atoms with van der Waals surface area (Å²) in [4.78, 5) is 39.9. The van der Waals surface area contributed by atoms with Crippen LogP contribution in [0.3, 0.4) is 0 Å². The maximum absolute atomic E-state index is 13.3. The fraction of sp³-hybridized carbons (Fsp3) is 0.500. The van der Waals surface area contributed by atoms with E-state index in [1.807, 2.05) is 20.8 Å². The van der Waals surface area contributed by atoms with Gasteiger partial charge in [0, 0.05) is 41.1 Å². The molecular formula is C32H44ClN5O5. The highest BCUT2D eigenvalue weighted by Crippen LogP contribution is 2.24. The van der Waals surface area contributed by atoms with Gasteiger partial charge in [-0.05, 0) is 103 Å². The van der Waals surface area contributed by atoms with Crippen LogP contribution < -0.4 is 16.0 Å². The average Bonchev–Trinajstić information content (AvgIpc) is 2.90. The Morgan fingerprint density at radius 3 is 2.30 bits per heavy atom. The molecule has 1 saturated heterocycles. The maximum atomic E-state index is 13.3. The van der Waals surface area contributed by atoms with Gasteiger partial charge in [0.1, 0.15) is 17.0 Å². The number of hydrogen-bond donors (Lipinski definition) is 4. The summed E-state index contributed by atoms with van der Waals surface area (Å²) >= 11 is 6.26. The van der Waals surface area contributed by atoms with E-state index in [2.05, 4.69) is 20.9 Å². The van der Waals surface area contributed by atoms with E-state index in [0.717, 1.165) is 25.8 Å². The van der Waals surface area contributed by atoms with Crippen LogP contribution in [-0.4, -0.2) is 65.6 Å². The van der Waals surface area contributed by atoms with Gasteiger partial charge >= 0.3 is 12.1 Å². The number of nitrogens with one attached hydrogen (secondary N) is 4. The fourth-order valence-corrected chi connectivity index (χ4v) is 4.87. The molecular weight excluding hydrogens is 570 g/mol. The molecule has 1 unspecified atom stereocenters. The van der Waals surface area contributed by atoms with Crippen molar-refractivity contribution in [3.05, 3.63) is 58.6 Å². The Morgan fingerprint density at radius 1 is 0.977 bits per heavy atom. The Hall–Kier alpha value is -3.63. The van der Waals surface area contributed by atoms with Crippen molar-refractivity contribution in [2.24, 2.45) is 0 Å². The van der Waals surface area contributed by atoms with Gasteiger partial charge < -0.3 is 20.1 Å². The molecule has 0 aromatic heterocycles. The Bertz CT molecular complexity index is 1300. The number of nitrogens with zero attached hydrogens (tertiary/aromatic N) is 1. The Kier molecular flexibility index (Phi) is 11.6. The van der Waals surface area contributed by atoms with Crippen LogP contribution in [0.25, 0.3) is 0 Å². The van der Waals surface area contributed by atoms with Crippen LogP contribution in [0.4, 0.5) is 16.2 Å². The van der Waals surface area contributed by atoms with Crippen LogP contribution in [-0.2, 0) is 14.3 Å². The first-order valence-corrected chi connectivity index (χ1v) is 15.0. The van der Waals surface area contributed by atoms with Crippen LogP contribution in [0.5, 0.6) is 0 Å². The molecule has 1 aliphatic heterocycles. The Morgan fingerprint density at radius 2 is 1.65 bits per heavy atom. The van der Waals surface area contributed by atoms with E-state index < -0.39 is 17.3 Å². The van der Waals surface area contributed by atoms with Crippen molar-refractivity contribution in [2.45, 2.75) is 84.5 Å². The van der Waals surface area contributed by atoms with E-state index in [4.69, 9.17) is 26.5 Å². The molecule has 1 atom stereocenters. The number of carbonyl (C=O) groups excluding carboxylic acids is 3. The lowest BCUT2D eigenvalue weighted by Gasteiger charge is -2.36. The molecule has 234 valence electrons. The molecule has 0 saturated carbocycles. The van der Waals surface area contributed by atoms with E-state index in [0.29, 0.717) is 47.0 Å². The van der Waals surface area contributed by atoms with Crippen LogP contribution in [0.15, 0.2) is 42.5 Å². The summed E-state index contributed by atoms with van der Waals surface area (Å²) in [5.41, 5.74) is 0.842. The highest BCUT2D eigenvalue weighted by Gasteiger charge is 2.25. The molecule has 0 aliphatic carbocycles. The van der Waals surface area contributed by atoms with Crippen molar-refractivity contribution in [2.75, 3.05) is 30.3 Å². The minimum Gasteiger partial charge on any atom is -0.460 e. The third-order valence-electron chi connectivity index (χ3n) is 6.58. The first-order chi connectivity index (χ1) is 20.1. The summed E-state index contributed by atoms with van der Waals surface area (Å²) < 4.78 is 10.7. The number of amides is 2. The standard InChI is InChI=1S/C32H44ClN5O5/c1-31(2,3)42-27(39)16-18-38-17-8-7-9-24(38)20-35-26-15-12-22(33)19-25(26)29(40)36-23-13-10-21(11-14-23)28(34)37-30(41)43-32(4,5)6/h10-15,19,24,35H,7-9,16-18,20H2,1-6H3,(H,36,40)(H2,34,37,41). The molecule has 11 heteroatoms. The molecule has 4 N–H and O–H groups in total. The van der Waals surface area contributed by atoms with Crippen molar-refractivity contribution in [1.29, 1.82) is 5.41 Å². The van der Waals surface area contributed by atoms with Gasteiger partial charge in [0.05, 0.1) is 12.0 Å². The zero-order valence-corrected chi connectivity index (χ0v) is 26.7. The van der Waals surface area contributed by atoms with E-state index >= 15 is 0 Å². The smallest absolute Gasteiger partial charge is 0.413 e. The number of alkyl carbamates (subject to hydrolysis) is 1. The van der Waals surface area contributed by atoms with Gasteiger partial charge in [0.25, 0.3) is 5.91 Å². The summed E-state index contributed by atoms with van der Waals surface area (Å²) in [6.45, 7) is 13.0. The average molecular weight is 614 g/mol. The number of hydrogen-bond acceptors (Lipinski definition) is 8. The lowest BCUT2D eigenvalue weighted by Crippen LogP contribution is -2.44. The zero-order valence-electron chi connectivity index (χ0n) is 25.9. The number of amidine groups is 1. The number of anilines is 2. The SMILES string of the molecule is CC(C)(C)OC(=O)CCN1CCCCC1CNc1ccc(Cl)cc1C(=O)Nc1ccc(C(=N)NC(=O)OC(C)(C)C)cc1. The van der Waals surface area contributed by atoms with E-state index in [-0.39, 0.29) is 23.8 Å². The number of piperidine rings is 1. The second kappa shape index (κ2) is 14.7. The number of benzene rings is 2. The molecule has 3 rings (SSSR count). The highest BCUT2D eigenvalue weighted by molar-refractivity contribution is 6.31. The number of rotatable bonds is 9. The van der Waals surface area contributed by atoms with Crippen LogP contribution in [0, 0.1) is 5.41 Å². The van der Waals surface area contributed by atoms with Crippen molar-refractivity contribution in [3.8, 4) is 0 Å². The predicted molar refractivity (Wildman–Crippen MR) is 170 cm³/mol. The van der Waals surface area contributed by atoms with E-state index in [9.17, 15) is 14.4 Å². The molecule has 2 aromatic carbocycles. The lowest BCUT2D eigenvalue weighted by atomic mass is 10.0. The van der Waals surface area contributed by atoms with Crippen molar-refractivity contribution in [3.63, 3.8) is 0 Å². The molecule has 0 spiro atoms. The van der Waals surface area contributed by atoms with Gasteiger partial charge in [-0.25, -0.2) is 4.79 Å². The molecule has 2 aromatic rings. The highest BCUT2D eigenvalue weighted by atomic mass is 35.5. The predicted octanol–water partition coefficient (Wildman–Crippen LogP) is 6.44. The molecule has 1 heterocycles. The van der Waals surface area contributed by atoms with Gasteiger partial charge in [0.15, 0.2) is 0 Å². The van der Waals surface area contributed by atoms with Crippen LogP contribution in [0.2, 0.25) is 5.02 Å². The number of ether oxygens (including phenoxy) is 2. The normalized spacial score (nSPS) is 15.7. The molecule has 1 fully saturated rings. The van der Waals surface area contributed by atoms with Gasteiger partial charge in [-0.1, -0.05) is 18.0 Å². The first kappa shape index (κ1) is 33.9. The molecule has 10 nitrogen and oxygen atoms in total. The van der Waals surface area contributed by atoms with E-state index in [1.54, 1.807) is 63.2 Å². The second-order valence-electron chi connectivity index (χ2n) is 12.6. The fourth-order valence-electron chi connectivity index (χ4n) is 4.70. The number of likely N-dealkylation sites (tertiary alicyclic amines) is 1.